The molecular formula is C9H8ClN3O3. The van der Waals surface area contributed by atoms with Gasteiger partial charge in [0.2, 0.25) is 5.91 Å². The van der Waals surface area contributed by atoms with E-state index in [2.05, 4.69) is 9.97 Å². The van der Waals surface area contributed by atoms with Gasteiger partial charge in [-0.25, -0.2) is 9.97 Å². The molecule has 1 aromatic heterocycles. The molecule has 0 aliphatic carbocycles. The van der Waals surface area contributed by atoms with Gasteiger partial charge in [0.05, 0.1) is 20.1 Å². The van der Waals surface area contributed by atoms with Gasteiger partial charge in [0.1, 0.15) is 6.33 Å². The lowest BCUT2D eigenvalue weighted by molar-refractivity contribution is -0.121. The maximum absolute atomic E-state index is 11.5. The number of amides is 1. The molecule has 7 heteroatoms. The number of methoxy groups -OCH3 is 1. The molecule has 1 aliphatic rings. The summed E-state index contributed by atoms with van der Waals surface area (Å²) >= 11 is 5.79. The number of hydrogen-bond donors (Lipinski definition) is 0. The van der Waals surface area contributed by atoms with Crippen LogP contribution in [0.4, 0.5) is 5.82 Å². The molecule has 2 heterocycles. The Balaban J connectivity index is 2.44. The predicted molar refractivity (Wildman–Crippen MR) is 55.6 cm³/mol. The van der Waals surface area contributed by atoms with Gasteiger partial charge in [0.25, 0.3) is 0 Å². The van der Waals surface area contributed by atoms with Gasteiger partial charge >= 0.3 is 0 Å². The molecule has 0 atom stereocenters. The van der Waals surface area contributed by atoms with Gasteiger partial charge in [-0.15, -0.1) is 0 Å². The molecule has 1 aliphatic heterocycles. The van der Waals surface area contributed by atoms with Crippen molar-refractivity contribution < 1.29 is 14.3 Å². The smallest absolute Gasteiger partial charge is 0.236 e. The number of ketones is 1. The van der Waals surface area contributed by atoms with Gasteiger partial charge in [-0.2, -0.15) is 0 Å². The molecule has 0 radical (unpaired) electrons. The van der Waals surface area contributed by atoms with Crippen LogP contribution in [0.1, 0.15) is 6.42 Å². The molecule has 0 N–H and O–H groups in total. The van der Waals surface area contributed by atoms with E-state index in [-0.39, 0.29) is 41.4 Å². The highest BCUT2D eigenvalue weighted by atomic mass is 35.5. The molecule has 0 unspecified atom stereocenters. The summed E-state index contributed by atoms with van der Waals surface area (Å²) in [5.74, 6) is -0.0228. The number of rotatable bonds is 2. The van der Waals surface area contributed by atoms with E-state index in [1.807, 2.05) is 0 Å². The van der Waals surface area contributed by atoms with Crippen molar-refractivity contribution in [3.05, 3.63) is 11.5 Å². The summed E-state index contributed by atoms with van der Waals surface area (Å²) in [5.41, 5.74) is 0. The van der Waals surface area contributed by atoms with Crippen LogP contribution >= 0.6 is 11.6 Å². The number of halogens is 1. The first-order valence-electron chi connectivity index (χ1n) is 4.50. The van der Waals surface area contributed by atoms with Crippen molar-refractivity contribution >= 4 is 29.1 Å². The Morgan fingerprint density at radius 1 is 1.44 bits per heavy atom. The van der Waals surface area contributed by atoms with Crippen molar-refractivity contribution in [3.63, 3.8) is 0 Å². The number of carbonyl (C=O) groups is 2. The largest absolute Gasteiger partial charge is 0.490 e. The number of nitrogens with zero attached hydrogens (tertiary/aromatic N) is 3. The second kappa shape index (κ2) is 4.05. The Kier molecular flexibility index (Phi) is 2.74. The van der Waals surface area contributed by atoms with E-state index < -0.39 is 0 Å². The molecule has 6 nitrogen and oxygen atoms in total. The Morgan fingerprint density at radius 3 is 2.75 bits per heavy atom. The number of ether oxygens (including phenoxy) is 1. The molecule has 0 bridgehead atoms. The van der Waals surface area contributed by atoms with E-state index in [1.54, 1.807) is 0 Å². The van der Waals surface area contributed by atoms with Crippen LogP contribution in [-0.4, -0.2) is 35.3 Å². The lowest BCUT2D eigenvalue weighted by Gasteiger charge is -2.16. The van der Waals surface area contributed by atoms with Crippen LogP contribution in [0.3, 0.4) is 0 Å². The normalized spacial score (nSPS) is 15.8. The molecule has 84 valence electrons. The highest BCUT2D eigenvalue weighted by Crippen LogP contribution is 2.32. The standard InChI is InChI=1S/C9H8ClN3O3/c1-16-7-8(10)11-4-12-9(7)13-3-5(14)2-6(13)15/h4H,2-3H2,1H3. The van der Waals surface area contributed by atoms with E-state index in [4.69, 9.17) is 16.3 Å². The van der Waals surface area contributed by atoms with Crippen LogP contribution in [0.25, 0.3) is 0 Å². The fraction of sp³-hybridized carbons (Fsp3) is 0.333. The molecule has 0 saturated carbocycles. The van der Waals surface area contributed by atoms with Crippen molar-refractivity contribution in [1.29, 1.82) is 0 Å². The summed E-state index contributed by atoms with van der Waals surface area (Å²) in [7, 11) is 1.40. The average Bonchev–Trinajstić information content (AvgIpc) is 2.57. The highest BCUT2D eigenvalue weighted by molar-refractivity contribution is 6.31. The summed E-state index contributed by atoms with van der Waals surface area (Å²) in [4.78, 5) is 31.5. The fourth-order valence-corrected chi connectivity index (χ4v) is 1.69. The van der Waals surface area contributed by atoms with Crippen LogP contribution in [0.5, 0.6) is 5.75 Å². The third kappa shape index (κ3) is 1.71. The molecule has 1 saturated heterocycles. The van der Waals surface area contributed by atoms with Crippen LogP contribution in [-0.2, 0) is 9.59 Å². The minimum atomic E-state index is -0.307. The Morgan fingerprint density at radius 2 is 2.19 bits per heavy atom. The minimum Gasteiger partial charge on any atom is -0.490 e. The SMILES string of the molecule is COc1c(Cl)ncnc1N1CC(=O)CC1=O. The van der Waals surface area contributed by atoms with E-state index in [0.29, 0.717) is 0 Å². The van der Waals surface area contributed by atoms with Crippen molar-refractivity contribution in [2.75, 3.05) is 18.6 Å². The highest BCUT2D eigenvalue weighted by Gasteiger charge is 2.32. The monoisotopic (exact) mass is 241 g/mol. The van der Waals surface area contributed by atoms with Crippen molar-refractivity contribution in [3.8, 4) is 5.75 Å². The quantitative estimate of drug-likeness (QED) is 0.555. The van der Waals surface area contributed by atoms with E-state index in [1.165, 1.54) is 18.3 Å². The zero-order valence-electron chi connectivity index (χ0n) is 8.44. The lowest BCUT2D eigenvalue weighted by Crippen LogP contribution is -2.26. The van der Waals surface area contributed by atoms with Crippen molar-refractivity contribution in [2.45, 2.75) is 6.42 Å². The number of Topliss-reactive ketones (excluding diaryl/α,β-unsaturated/α-hetero) is 1. The van der Waals surface area contributed by atoms with Crippen LogP contribution in [0.2, 0.25) is 5.15 Å². The molecule has 1 aromatic rings. The number of hydrogen-bond acceptors (Lipinski definition) is 5. The van der Waals surface area contributed by atoms with Crippen LogP contribution in [0.15, 0.2) is 6.33 Å². The molecular weight excluding hydrogens is 234 g/mol. The fourth-order valence-electron chi connectivity index (χ4n) is 1.49. The zero-order valence-corrected chi connectivity index (χ0v) is 9.19. The number of carbonyl (C=O) groups excluding carboxylic acids is 2. The first-order chi connectivity index (χ1) is 7.63. The summed E-state index contributed by atoms with van der Waals surface area (Å²) < 4.78 is 5.01. The zero-order chi connectivity index (χ0) is 11.7. The summed E-state index contributed by atoms with van der Waals surface area (Å²) in [6, 6.07) is 0. The third-order valence-electron chi connectivity index (χ3n) is 2.19. The Labute approximate surface area is 96.2 Å². The van der Waals surface area contributed by atoms with E-state index in [0.717, 1.165) is 0 Å². The van der Waals surface area contributed by atoms with E-state index in [9.17, 15) is 9.59 Å². The second-order valence-corrected chi connectivity index (χ2v) is 3.57. The van der Waals surface area contributed by atoms with Crippen LogP contribution < -0.4 is 9.64 Å². The minimum absolute atomic E-state index is 0.00252. The second-order valence-electron chi connectivity index (χ2n) is 3.22. The molecule has 1 fully saturated rings. The van der Waals surface area contributed by atoms with Gasteiger partial charge in [-0.1, -0.05) is 11.6 Å². The van der Waals surface area contributed by atoms with Gasteiger partial charge in [0, 0.05) is 0 Å². The van der Waals surface area contributed by atoms with Gasteiger partial charge in [0.15, 0.2) is 22.5 Å². The maximum Gasteiger partial charge on any atom is 0.236 e. The number of anilines is 1. The summed E-state index contributed by atoms with van der Waals surface area (Å²) in [6.07, 6.45) is 1.11. The molecule has 0 spiro atoms. The molecule has 2 rings (SSSR count). The molecule has 16 heavy (non-hydrogen) atoms. The summed E-state index contributed by atoms with van der Waals surface area (Å²) in [6.45, 7) is 0.00252. The van der Waals surface area contributed by atoms with E-state index >= 15 is 0 Å². The topological polar surface area (TPSA) is 72.4 Å². The van der Waals surface area contributed by atoms with Crippen molar-refractivity contribution in [2.24, 2.45) is 0 Å². The first-order valence-corrected chi connectivity index (χ1v) is 4.88. The Bertz CT molecular complexity index is 463. The van der Waals surface area contributed by atoms with Crippen LogP contribution in [0, 0.1) is 0 Å². The maximum atomic E-state index is 11.5. The van der Waals surface area contributed by atoms with Gasteiger partial charge in [-0.05, 0) is 0 Å². The predicted octanol–water partition coefficient (Wildman–Crippen LogP) is 0.444. The molecule has 1 amide bonds. The third-order valence-corrected chi connectivity index (χ3v) is 2.45. The lowest BCUT2D eigenvalue weighted by atomic mass is 10.3. The number of aromatic nitrogens is 2. The average molecular weight is 242 g/mol. The van der Waals surface area contributed by atoms with Gasteiger partial charge in [-0.3, -0.25) is 14.5 Å². The Hall–Kier alpha value is -1.69. The first kappa shape index (κ1) is 10.8. The van der Waals surface area contributed by atoms with Gasteiger partial charge < -0.3 is 4.74 Å². The summed E-state index contributed by atoms with van der Waals surface area (Å²) in [5, 5.41) is 0.111. The van der Waals surface area contributed by atoms with Crippen molar-refractivity contribution in [1.82, 2.24) is 9.97 Å². The molecule has 0 aromatic carbocycles.